The molecule has 2 aromatic carbocycles. The van der Waals surface area contributed by atoms with Gasteiger partial charge in [0, 0.05) is 16.6 Å². The van der Waals surface area contributed by atoms with E-state index in [4.69, 9.17) is 9.15 Å². The second-order valence-corrected chi connectivity index (χ2v) is 7.30. The van der Waals surface area contributed by atoms with Crippen molar-refractivity contribution in [2.24, 2.45) is 0 Å². The Hall–Kier alpha value is -3.08. The number of nitrogens with one attached hydrogen (secondary N) is 1. The lowest BCUT2D eigenvalue weighted by Crippen LogP contribution is -2.30. The first kappa shape index (κ1) is 19.7. The van der Waals surface area contributed by atoms with Crippen molar-refractivity contribution in [2.75, 3.05) is 5.32 Å². The SMILES string of the molecule is Cc1ccc2c(CC(=O)O[C@@H](C)C(=O)Nc3ccccc3C(C)C)coc2c1. The van der Waals surface area contributed by atoms with Gasteiger partial charge in [0.2, 0.25) is 0 Å². The van der Waals surface area contributed by atoms with Crippen molar-refractivity contribution < 1.29 is 18.7 Å². The van der Waals surface area contributed by atoms with E-state index < -0.39 is 12.1 Å². The zero-order chi connectivity index (χ0) is 20.3. The number of hydrogen-bond acceptors (Lipinski definition) is 4. The number of esters is 1. The molecule has 146 valence electrons. The molecule has 1 N–H and O–H groups in total. The first-order valence-electron chi connectivity index (χ1n) is 9.41. The summed E-state index contributed by atoms with van der Waals surface area (Å²) in [6, 6.07) is 13.4. The van der Waals surface area contributed by atoms with Crippen molar-refractivity contribution in [1.82, 2.24) is 0 Å². The van der Waals surface area contributed by atoms with Crippen molar-refractivity contribution in [3.05, 3.63) is 65.4 Å². The number of furan rings is 1. The molecule has 1 amide bonds. The summed E-state index contributed by atoms with van der Waals surface area (Å²) in [6.07, 6.45) is 0.721. The van der Waals surface area contributed by atoms with Crippen molar-refractivity contribution in [2.45, 2.75) is 46.1 Å². The smallest absolute Gasteiger partial charge is 0.311 e. The van der Waals surface area contributed by atoms with Gasteiger partial charge in [0.15, 0.2) is 6.10 Å². The van der Waals surface area contributed by atoms with Gasteiger partial charge in [0.1, 0.15) is 5.58 Å². The predicted molar refractivity (Wildman–Crippen MR) is 109 cm³/mol. The fourth-order valence-corrected chi connectivity index (χ4v) is 3.12. The van der Waals surface area contributed by atoms with E-state index in [-0.39, 0.29) is 18.2 Å². The number of hydrogen-bond donors (Lipinski definition) is 1. The summed E-state index contributed by atoms with van der Waals surface area (Å²) in [4.78, 5) is 24.8. The fraction of sp³-hybridized carbons (Fsp3) is 0.304. The maximum atomic E-state index is 12.5. The highest BCUT2D eigenvalue weighted by Crippen LogP contribution is 2.25. The molecule has 0 saturated heterocycles. The number of carbonyl (C=O) groups is 2. The van der Waals surface area contributed by atoms with E-state index in [1.54, 1.807) is 13.2 Å². The molecule has 5 nitrogen and oxygen atoms in total. The molecule has 0 aliphatic carbocycles. The lowest BCUT2D eigenvalue weighted by atomic mass is 10.0. The number of amides is 1. The van der Waals surface area contributed by atoms with E-state index in [2.05, 4.69) is 19.2 Å². The highest BCUT2D eigenvalue weighted by molar-refractivity contribution is 5.96. The van der Waals surface area contributed by atoms with Gasteiger partial charge < -0.3 is 14.5 Å². The zero-order valence-corrected chi connectivity index (χ0v) is 16.6. The average molecular weight is 379 g/mol. The van der Waals surface area contributed by atoms with Gasteiger partial charge in [-0.05, 0) is 43.0 Å². The van der Waals surface area contributed by atoms with E-state index in [0.717, 1.165) is 33.3 Å². The largest absolute Gasteiger partial charge is 0.464 e. The van der Waals surface area contributed by atoms with Gasteiger partial charge in [-0.1, -0.05) is 44.2 Å². The van der Waals surface area contributed by atoms with Crippen LogP contribution in [0.15, 0.2) is 53.1 Å². The van der Waals surface area contributed by atoms with Crippen LogP contribution in [0.25, 0.3) is 11.0 Å². The van der Waals surface area contributed by atoms with Crippen molar-refractivity contribution in [3.8, 4) is 0 Å². The molecular weight excluding hydrogens is 354 g/mol. The van der Waals surface area contributed by atoms with E-state index in [1.807, 2.05) is 49.4 Å². The van der Waals surface area contributed by atoms with Crippen LogP contribution in [0.3, 0.4) is 0 Å². The molecule has 0 radical (unpaired) electrons. The molecule has 0 unspecified atom stereocenters. The summed E-state index contributed by atoms with van der Waals surface area (Å²) in [5, 5.41) is 3.74. The monoisotopic (exact) mass is 379 g/mol. The average Bonchev–Trinajstić information content (AvgIpc) is 3.03. The maximum Gasteiger partial charge on any atom is 0.311 e. The first-order valence-corrected chi connectivity index (χ1v) is 9.41. The second kappa shape index (κ2) is 8.30. The number of rotatable bonds is 6. The molecule has 1 atom stereocenters. The van der Waals surface area contributed by atoms with Crippen molar-refractivity contribution in [1.29, 1.82) is 0 Å². The highest BCUT2D eigenvalue weighted by Gasteiger charge is 2.20. The van der Waals surface area contributed by atoms with Crippen molar-refractivity contribution in [3.63, 3.8) is 0 Å². The second-order valence-electron chi connectivity index (χ2n) is 7.30. The van der Waals surface area contributed by atoms with Crippen LogP contribution >= 0.6 is 0 Å². The minimum Gasteiger partial charge on any atom is -0.464 e. The van der Waals surface area contributed by atoms with Gasteiger partial charge in [0.05, 0.1) is 12.7 Å². The van der Waals surface area contributed by atoms with Crippen LogP contribution in [-0.2, 0) is 20.7 Å². The molecule has 28 heavy (non-hydrogen) atoms. The quantitative estimate of drug-likeness (QED) is 0.614. The van der Waals surface area contributed by atoms with Crippen LogP contribution in [0, 0.1) is 6.92 Å². The molecule has 3 rings (SSSR count). The Morgan fingerprint density at radius 1 is 1.11 bits per heavy atom. The summed E-state index contributed by atoms with van der Waals surface area (Å²) in [5.74, 6) is -0.551. The highest BCUT2D eigenvalue weighted by atomic mass is 16.5. The van der Waals surface area contributed by atoms with Crippen LogP contribution in [-0.4, -0.2) is 18.0 Å². The topological polar surface area (TPSA) is 68.5 Å². The van der Waals surface area contributed by atoms with Crippen LogP contribution in [0.1, 0.15) is 43.4 Å². The number of fused-ring (bicyclic) bond motifs is 1. The van der Waals surface area contributed by atoms with E-state index in [0.29, 0.717) is 0 Å². The van der Waals surface area contributed by atoms with Gasteiger partial charge in [-0.25, -0.2) is 0 Å². The van der Waals surface area contributed by atoms with Crippen LogP contribution < -0.4 is 5.32 Å². The predicted octanol–water partition coefficient (Wildman–Crippen LogP) is 4.98. The van der Waals surface area contributed by atoms with Gasteiger partial charge in [-0.15, -0.1) is 0 Å². The minimum absolute atomic E-state index is 0.0518. The normalized spacial score (nSPS) is 12.2. The number of para-hydroxylation sites is 1. The summed E-state index contributed by atoms with van der Waals surface area (Å²) >= 11 is 0. The van der Waals surface area contributed by atoms with E-state index in [9.17, 15) is 9.59 Å². The minimum atomic E-state index is -0.895. The molecule has 3 aromatic rings. The summed E-state index contributed by atoms with van der Waals surface area (Å²) in [6.45, 7) is 7.67. The Kier molecular flexibility index (Phi) is 5.83. The lowest BCUT2D eigenvalue weighted by Gasteiger charge is -2.17. The van der Waals surface area contributed by atoms with Gasteiger partial charge in [0.25, 0.3) is 5.91 Å². The number of carbonyl (C=O) groups excluding carboxylic acids is 2. The molecule has 0 bridgehead atoms. The molecule has 5 heteroatoms. The molecule has 0 aliphatic heterocycles. The van der Waals surface area contributed by atoms with Gasteiger partial charge >= 0.3 is 5.97 Å². The van der Waals surface area contributed by atoms with Crippen LogP contribution in [0.4, 0.5) is 5.69 Å². The first-order chi connectivity index (χ1) is 13.3. The third kappa shape index (κ3) is 4.42. The third-order valence-electron chi connectivity index (χ3n) is 4.66. The Morgan fingerprint density at radius 3 is 2.61 bits per heavy atom. The lowest BCUT2D eigenvalue weighted by molar-refractivity contribution is -0.152. The molecule has 0 aliphatic rings. The van der Waals surface area contributed by atoms with Gasteiger partial charge in [-0.3, -0.25) is 9.59 Å². The Labute approximate surface area is 164 Å². The van der Waals surface area contributed by atoms with Crippen LogP contribution in [0.2, 0.25) is 0 Å². The molecule has 1 heterocycles. The summed E-state index contributed by atoms with van der Waals surface area (Å²) in [5.41, 5.74) is 4.34. The molecule has 0 spiro atoms. The fourth-order valence-electron chi connectivity index (χ4n) is 3.12. The van der Waals surface area contributed by atoms with E-state index >= 15 is 0 Å². The number of aryl methyl sites for hydroxylation is 1. The third-order valence-corrected chi connectivity index (χ3v) is 4.66. The molecule has 1 aromatic heterocycles. The maximum absolute atomic E-state index is 12.5. The molecular formula is C23H25NO4. The number of anilines is 1. The number of ether oxygens (including phenoxy) is 1. The van der Waals surface area contributed by atoms with Crippen molar-refractivity contribution >= 4 is 28.5 Å². The standard InChI is InChI=1S/C23H25NO4/c1-14(2)18-7-5-6-8-20(18)24-23(26)16(4)28-22(25)12-17-13-27-21-11-15(3)9-10-19(17)21/h5-11,13-14,16H,12H2,1-4H3,(H,24,26)/t16-/m0/s1. The summed E-state index contributed by atoms with van der Waals surface area (Å²) in [7, 11) is 0. The molecule has 0 saturated carbocycles. The van der Waals surface area contributed by atoms with E-state index in [1.165, 1.54) is 0 Å². The summed E-state index contributed by atoms with van der Waals surface area (Å²) < 4.78 is 10.8. The van der Waals surface area contributed by atoms with Crippen LogP contribution in [0.5, 0.6) is 0 Å². The Morgan fingerprint density at radius 2 is 1.86 bits per heavy atom. The zero-order valence-electron chi connectivity index (χ0n) is 16.6. The Balaban J connectivity index is 1.63. The Bertz CT molecular complexity index is 1000. The number of benzene rings is 2. The molecule has 0 fully saturated rings. The van der Waals surface area contributed by atoms with Gasteiger partial charge in [-0.2, -0.15) is 0 Å².